The van der Waals surface area contributed by atoms with Crippen molar-refractivity contribution in [1.82, 2.24) is 0 Å². The number of rotatable bonds is 14. The van der Waals surface area contributed by atoms with E-state index < -0.39 is 17.9 Å². The SMILES string of the molecule is C=C(C)C(=O)O\C=C/C=C/C=C/C=C/C=C/Oc1ccc(C(=O)Oc2ccc(/C=C/C(=O)OCCC#N)cc2C)cc1. The summed E-state index contributed by atoms with van der Waals surface area (Å²) < 4.78 is 20.8. The molecule has 0 heterocycles. The van der Waals surface area contributed by atoms with Gasteiger partial charge in [0, 0.05) is 11.6 Å². The maximum absolute atomic E-state index is 12.6. The molecular weight excluding hydrogens is 534 g/mol. The van der Waals surface area contributed by atoms with Crippen LogP contribution in [0.1, 0.15) is 34.8 Å². The lowest BCUT2D eigenvalue weighted by Crippen LogP contribution is -2.09. The Bertz CT molecular complexity index is 1470. The zero-order valence-electron chi connectivity index (χ0n) is 23.4. The van der Waals surface area contributed by atoms with E-state index >= 15 is 0 Å². The molecule has 0 unspecified atom stereocenters. The van der Waals surface area contributed by atoms with Crippen molar-refractivity contribution in [2.24, 2.45) is 0 Å². The average Bonchev–Trinajstić information content (AvgIpc) is 2.98. The van der Waals surface area contributed by atoms with Crippen LogP contribution < -0.4 is 9.47 Å². The molecule has 0 fully saturated rings. The van der Waals surface area contributed by atoms with Gasteiger partial charge >= 0.3 is 17.9 Å². The molecule has 2 rings (SSSR count). The maximum atomic E-state index is 12.6. The molecule has 0 N–H and O–H groups in total. The molecule has 0 amide bonds. The Kier molecular flexibility index (Phi) is 14.4. The van der Waals surface area contributed by atoms with E-state index in [1.807, 2.05) is 18.2 Å². The van der Waals surface area contributed by atoms with Gasteiger partial charge in [-0.1, -0.05) is 49.1 Å². The molecule has 0 spiro atoms. The predicted molar refractivity (Wildman–Crippen MR) is 160 cm³/mol. The first-order chi connectivity index (χ1) is 20.3. The van der Waals surface area contributed by atoms with Gasteiger partial charge < -0.3 is 18.9 Å². The van der Waals surface area contributed by atoms with Gasteiger partial charge in [0.1, 0.15) is 18.1 Å². The second-order valence-corrected chi connectivity index (χ2v) is 8.46. The topological polar surface area (TPSA) is 112 Å². The van der Waals surface area contributed by atoms with Gasteiger partial charge in [0.15, 0.2) is 0 Å². The molecule has 0 aliphatic rings. The molecule has 214 valence electrons. The second-order valence-electron chi connectivity index (χ2n) is 8.46. The van der Waals surface area contributed by atoms with Crippen molar-refractivity contribution in [1.29, 1.82) is 5.26 Å². The summed E-state index contributed by atoms with van der Waals surface area (Å²) >= 11 is 0. The zero-order chi connectivity index (χ0) is 30.6. The third-order valence-electron chi connectivity index (χ3n) is 5.02. The zero-order valence-corrected chi connectivity index (χ0v) is 23.4. The van der Waals surface area contributed by atoms with Crippen molar-refractivity contribution in [3.8, 4) is 17.6 Å². The van der Waals surface area contributed by atoms with Gasteiger partial charge in [-0.15, -0.1) is 0 Å². The number of esters is 3. The molecule has 2 aromatic rings. The van der Waals surface area contributed by atoms with Crippen LogP contribution >= 0.6 is 0 Å². The Balaban J connectivity index is 1.78. The summed E-state index contributed by atoms with van der Waals surface area (Å²) in [5.41, 5.74) is 2.14. The Morgan fingerprint density at radius 3 is 2.17 bits per heavy atom. The van der Waals surface area contributed by atoms with Crippen LogP contribution in [0.3, 0.4) is 0 Å². The third-order valence-corrected chi connectivity index (χ3v) is 5.02. The first-order valence-corrected chi connectivity index (χ1v) is 12.8. The van der Waals surface area contributed by atoms with Gasteiger partial charge in [-0.05, 0) is 79.6 Å². The van der Waals surface area contributed by atoms with Crippen molar-refractivity contribution in [3.05, 3.63) is 139 Å². The van der Waals surface area contributed by atoms with E-state index in [-0.39, 0.29) is 13.0 Å². The van der Waals surface area contributed by atoms with Crippen LogP contribution in [0.15, 0.2) is 122 Å². The lowest BCUT2D eigenvalue weighted by molar-refractivity contribution is -0.137. The van der Waals surface area contributed by atoms with Gasteiger partial charge in [0.25, 0.3) is 0 Å². The number of benzene rings is 2. The number of allylic oxidation sites excluding steroid dienone is 8. The van der Waals surface area contributed by atoms with E-state index in [9.17, 15) is 14.4 Å². The molecule has 0 saturated carbocycles. The quantitative estimate of drug-likeness (QED) is 0.0609. The maximum Gasteiger partial charge on any atom is 0.343 e. The van der Waals surface area contributed by atoms with Gasteiger partial charge in [-0.25, -0.2) is 14.4 Å². The highest BCUT2D eigenvalue weighted by Gasteiger charge is 2.11. The molecule has 0 aliphatic heterocycles. The van der Waals surface area contributed by atoms with Crippen LogP contribution in [-0.4, -0.2) is 24.5 Å². The van der Waals surface area contributed by atoms with Crippen LogP contribution in [0, 0.1) is 18.3 Å². The highest BCUT2D eigenvalue weighted by molar-refractivity contribution is 5.91. The summed E-state index contributed by atoms with van der Waals surface area (Å²) in [7, 11) is 0. The highest BCUT2D eigenvalue weighted by atomic mass is 16.5. The monoisotopic (exact) mass is 565 g/mol. The van der Waals surface area contributed by atoms with E-state index in [2.05, 4.69) is 6.58 Å². The first-order valence-electron chi connectivity index (χ1n) is 12.8. The smallest absolute Gasteiger partial charge is 0.343 e. The molecule has 0 aliphatic carbocycles. The summed E-state index contributed by atoms with van der Waals surface area (Å²) in [5.74, 6) is -0.578. The van der Waals surface area contributed by atoms with Crippen LogP contribution in [0.4, 0.5) is 0 Å². The summed E-state index contributed by atoms with van der Waals surface area (Å²) in [4.78, 5) is 35.4. The molecule has 8 nitrogen and oxygen atoms in total. The Labute approximate surface area is 245 Å². The minimum atomic E-state index is -0.536. The van der Waals surface area contributed by atoms with Crippen molar-refractivity contribution in [2.45, 2.75) is 20.3 Å². The molecule has 0 aromatic heterocycles. The van der Waals surface area contributed by atoms with E-state index in [4.69, 9.17) is 24.2 Å². The largest absolute Gasteiger partial charge is 0.465 e. The van der Waals surface area contributed by atoms with E-state index in [0.29, 0.717) is 28.2 Å². The number of nitriles is 1. The second kappa shape index (κ2) is 18.6. The fourth-order valence-electron chi connectivity index (χ4n) is 2.92. The molecule has 0 radical (unpaired) electrons. The number of nitrogens with zero attached hydrogens (tertiary/aromatic N) is 1. The molecular formula is C34H31NO7. The fourth-order valence-corrected chi connectivity index (χ4v) is 2.92. The fraction of sp³-hybridized carbons (Fsp3) is 0.118. The average molecular weight is 566 g/mol. The molecule has 8 heteroatoms. The highest BCUT2D eigenvalue weighted by Crippen LogP contribution is 2.22. The third kappa shape index (κ3) is 12.9. The minimum absolute atomic E-state index is 0.0468. The molecule has 42 heavy (non-hydrogen) atoms. The summed E-state index contributed by atoms with van der Waals surface area (Å²) in [6, 6.07) is 13.6. The molecule has 0 atom stereocenters. The number of carbonyl (C=O) groups is 3. The van der Waals surface area contributed by atoms with Crippen LogP contribution in [0.5, 0.6) is 11.5 Å². The van der Waals surface area contributed by atoms with Crippen LogP contribution in [0.25, 0.3) is 6.08 Å². The number of hydrogen-bond acceptors (Lipinski definition) is 8. The Hall–Kier alpha value is -5.68. The van der Waals surface area contributed by atoms with Gasteiger partial charge in [-0.2, -0.15) is 5.26 Å². The lowest BCUT2D eigenvalue weighted by atomic mass is 10.1. The summed E-state index contributed by atoms with van der Waals surface area (Å²) in [6.07, 6.45) is 19.8. The van der Waals surface area contributed by atoms with Crippen molar-refractivity contribution < 1.29 is 33.3 Å². The van der Waals surface area contributed by atoms with E-state index in [1.54, 1.807) is 98.8 Å². The van der Waals surface area contributed by atoms with Gasteiger partial charge in [0.05, 0.1) is 30.6 Å². The standard InChI is InChI=1S/C34H31NO7/c1-26(2)33(37)41-23-11-9-7-5-4-6-8-10-22-39-30-17-15-29(16-18-30)34(38)42-31-19-13-28(25-27(31)3)14-20-32(36)40-24-12-21-35/h4-11,13-20,22-23,25H,1,12,24H2,2-3H3/b5-4+,8-6+,9-7+,20-14+,22-10+,23-11-. The summed E-state index contributed by atoms with van der Waals surface area (Å²) in [5, 5.41) is 8.48. The van der Waals surface area contributed by atoms with Crippen LogP contribution in [0.2, 0.25) is 0 Å². The van der Waals surface area contributed by atoms with Gasteiger partial charge in [-0.3, -0.25) is 0 Å². The number of carbonyl (C=O) groups excluding carboxylic acids is 3. The molecule has 0 bridgehead atoms. The minimum Gasteiger partial charge on any atom is -0.465 e. The van der Waals surface area contributed by atoms with Crippen LogP contribution in [-0.2, 0) is 19.1 Å². The van der Waals surface area contributed by atoms with Crippen molar-refractivity contribution in [2.75, 3.05) is 6.61 Å². The summed E-state index contributed by atoms with van der Waals surface area (Å²) in [6.45, 7) is 6.91. The lowest BCUT2D eigenvalue weighted by Gasteiger charge is -2.09. The normalized spacial score (nSPS) is 11.5. The van der Waals surface area contributed by atoms with E-state index in [0.717, 1.165) is 5.56 Å². The van der Waals surface area contributed by atoms with Crippen molar-refractivity contribution in [3.63, 3.8) is 0 Å². The molecule has 2 aromatic carbocycles. The van der Waals surface area contributed by atoms with Gasteiger partial charge in [0.2, 0.25) is 0 Å². The first kappa shape index (κ1) is 32.5. The van der Waals surface area contributed by atoms with Crippen molar-refractivity contribution >= 4 is 24.0 Å². The molecule has 0 saturated heterocycles. The number of hydrogen-bond donors (Lipinski definition) is 0. The number of aryl methyl sites for hydroxylation is 1. The Morgan fingerprint density at radius 1 is 0.905 bits per heavy atom. The van der Waals surface area contributed by atoms with E-state index in [1.165, 1.54) is 18.6 Å². The predicted octanol–water partition coefficient (Wildman–Crippen LogP) is 6.88. The number of ether oxygens (including phenoxy) is 4. The Morgan fingerprint density at radius 2 is 1.55 bits per heavy atom.